The summed E-state index contributed by atoms with van der Waals surface area (Å²) in [5, 5.41) is 0.979. The van der Waals surface area contributed by atoms with E-state index in [-0.39, 0.29) is 31.6 Å². The first-order valence-corrected chi connectivity index (χ1v) is 8.22. The number of nitrogens with zero attached hydrogens (tertiary/aromatic N) is 1. The molecule has 3 heterocycles. The van der Waals surface area contributed by atoms with Crippen molar-refractivity contribution >= 4 is 58.1 Å². The van der Waals surface area contributed by atoms with Crippen molar-refractivity contribution < 1.29 is 0 Å². The molecule has 0 amide bonds. The number of aromatic amines is 4. The van der Waals surface area contributed by atoms with Crippen LogP contribution in [0.5, 0.6) is 0 Å². The van der Waals surface area contributed by atoms with E-state index in [0.717, 1.165) is 0 Å². The van der Waals surface area contributed by atoms with Gasteiger partial charge in [-0.25, -0.2) is 4.98 Å². The second kappa shape index (κ2) is 5.73. The van der Waals surface area contributed by atoms with Gasteiger partial charge in [0.1, 0.15) is 11.3 Å². The lowest BCUT2D eigenvalue weighted by atomic mass is 10.00. The Kier molecular flexibility index (Phi) is 3.64. The number of pyridine rings is 1. The third kappa shape index (κ3) is 2.62. The van der Waals surface area contributed by atoms with E-state index in [4.69, 9.17) is 36.0 Å². The highest BCUT2D eigenvalue weighted by molar-refractivity contribution is 7.71. The van der Waals surface area contributed by atoms with Crippen LogP contribution in [-0.2, 0) is 0 Å². The maximum absolute atomic E-state index is 12.5. The number of nitrogens with one attached hydrogen (secondary N) is 4. The van der Waals surface area contributed by atoms with Crippen molar-refractivity contribution in [2.24, 2.45) is 0 Å². The zero-order valence-corrected chi connectivity index (χ0v) is 14.7. The van der Waals surface area contributed by atoms with Gasteiger partial charge in [-0.05, 0) is 42.1 Å². The molecule has 3 aromatic heterocycles. The van der Waals surface area contributed by atoms with Gasteiger partial charge in [-0.15, -0.1) is 0 Å². The van der Waals surface area contributed by atoms with Crippen molar-refractivity contribution in [3.63, 3.8) is 0 Å². The summed E-state index contributed by atoms with van der Waals surface area (Å²) in [6.07, 6.45) is 0. The molecule has 1 aromatic carbocycles. The van der Waals surface area contributed by atoms with E-state index in [9.17, 15) is 9.59 Å². The topological polar surface area (TPSA) is 110 Å². The minimum atomic E-state index is -0.444. The van der Waals surface area contributed by atoms with Gasteiger partial charge in [-0.3, -0.25) is 19.6 Å². The lowest BCUT2D eigenvalue weighted by Gasteiger charge is -2.09. The molecule has 0 aliphatic carbocycles. The predicted octanol–water partition coefficient (Wildman–Crippen LogP) is 3.20. The average Bonchev–Trinajstić information content (AvgIpc) is 2.53. The van der Waals surface area contributed by atoms with Gasteiger partial charge in [-0.1, -0.05) is 23.7 Å². The summed E-state index contributed by atoms with van der Waals surface area (Å²) in [4.78, 5) is 40.1. The van der Waals surface area contributed by atoms with Crippen molar-refractivity contribution in [3.8, 4) is 11.1 Å². The van der Waals surface area contributed by atoms with Gasteiger partial charge in [0.05, 0.1) is 10.8 Å². The first-order chi connectivity index (χ1) is 11.9. The summed E-state index contributed by atoms with van der Waals surface area (Å²) in [5.74, 6) is 0. The molecule has 4 N–H and O–H groups in total. The van der Waals surface area contributed by atoms with Crippen LogP contribution in [0, 0.1) is 9.54 Å². The normalized spacial score (nSPS) is 11.2. The number of hydrogen-bond acceptors (Lipinski definition) is 5. The smallest absolute Gasteiger partial charge is 0.261 e. The van der Waals surface area contributed by atoms with Crippen LogP contribution in [0.1, 0.15) is 0 Å². The Labute approximate surface area is 153 Å². The Bertz CT molecular complexity index is 1300. The highest BCUT2D eigenvalue weighted by atomic mass is 35.5. The van der Waals surface area contributed by atoms with Crippen molar-refractivity contribution in [2.45, 2.75) is 0 Å². The molecule has 7 nitrogen and oxygen atoms in total. The fourth-order valence-corrected chi connectivity index (χ4v) is 3.23. The van der Waals surface area contributed by atoms with Gasteiger partial charge in [0.25, 0.3) is 11.1 Å². The van der Waals surface area contributed by atoms with Gasteiger partial charge in [0, 0.05) is 10.6 Å². The molecule has 0 aliphatic rings. The van der Waals surface area contributed by atoms with Gasteiger partial charge in [-0.2, -0.15) is 0 Å². The van der Waals surface area contributed by atoms with E-state index in [0.29, 0.717) is 16.1 Å². The van der Waals surface area contributed by atoms with Gasteiger partial charge >= 0.3 is 0 Å². The zero-order chi connectivity index (χ0) is 17.7. The third-order valence-electron chi connectivity index (χ3n) is 3.70. The molecular weight excluding hydrogens is 382 g/mol. The number of halogens is 1. The van der Waals surface area contributed by atoms with Crippen LogP contribution in [0.4, 0.5) is 0 Å². The standard InChI is InChI=1S/C15H8ClN5O2S2/c16-6-3-1-5(2-4-6)7-8-10(18-14(24)20-12(8)22)17-11-9(7)13(23)21-15(25)19-11/h1-4H,(H4,17,18,19,20,21,22,23,24,25). The predicted molar refractivity (Wildman–Crippen MR) is 101 cm³/mol. The molecule has 0 unspecified atom stereocenters. The molecule has 124 valence electrons. The number of rotatable bonds is 1. The number of aromatic nitrogens is 5. The molecule has 0 atom stereocenters. The Morgan fingerprint density at radius 1 is 0.800 bits per heavy atom. The monoisotopic (exact) mass is 389 g/mol. The molecule has 0 aliphatic heterocycles. The van der Waals surface area contributed by atoms with E-state index in [1.54, 1.807) is 24.3 Å². The summed E-state index contributed by atoms with van der Waals surface area (Å²) in [6, 6.07) is 6.79. The van der Waals surface area contributed by atoms with E-state index in [2.05, 4.69) is 24.9 Å². The first-order valence-electron chi connectivity index (χ1n) is 7.02. The maximum atomic E-state index is 12.5. The first kappa shape index (κ1) is 15.9. The summed E-state index contributed by atoms with van der Waals surface area (Å²) in [7, 11) is 0. The van der Waals surface area contributed by atoms with Gasteiger partial charge < -0.3 is 9.97 Å². The van der Waals surface area contributed by atoms with Crippen molar-refractivity contribution in [3.05, 3.63) is 59.5 Å². The molecule has 4 rings (SSSR count). The second-order valence-electron chi connectivity index (χ2n) is 5.26. The van der Waals surface area contributed by atoms with Crippen molar-refractivity contribution in [1.29, 1.82) is 0 Å². The van der Waals surface area contributed by atoms with Crippen LogP contribution in [-0.4, -0.2) is 24.9 Å². The average molecular weight is 390 g/mol. The van der Waals surface area contributed by atoms with Crippen LogP contribution < -0.4 is 11.1 Å². The van der Waals surface area contributed by atoms with Crippen LogP contribution >= 0.6 is 36.0 Å². The SMILES string of the molecule is O=c1[nH]c(=S)[nH]c2nc3[nH]c(=S)[nH]c(=O)c3c(-c3ccc(Cl)cc3)c12. The van der Waals surface area contributed by atoms with Crippen LogP contribution in [0.3, 0.4) is 0 Å². The van der Waals surface area contributed by atoms with Gasteiger partial charge in [0.15, 0.2) is 9.54 Å². The number of hydrogen-bond donors (Lipinski definition) is 4. The number of fused-ring (bicyclic) bond motifs is 2. The maximum Gasteiger partial charge on any atom is 0.261 e. The fraction of sp³-hybridized carbons (Fsp3) is 0. The molecule has 0 radical (unpaired) electrons. The van der Waals surface area contributed by atoms with Gasteiger partial charge in [0.2, 0.25) is 0 Å². The number of benzene rings is 1. The summed E-state index contributed by atoms with van der Waals surface area (Å²) < 4.78 is 0.268. The summed E-state index contributed by atoms with van der Waals surface area (Å²) in [6.45, 7) is 0. The second-order valence-corrected chi connectivity index (χ2v) is 6.51. The number of H-pyrrole nitrogens is 4. The Hall–Kier alpha value is -2.62. The summed E-state index contributed by atoms with van der Waals surface area (Å²) in [5.41, 5.74) is 0.662. The highest BCUT2D eigenvalue weighted by Gasteiger charge is 2.17. The fourth-order valence-electron chi connectivity index (χ4n) is 2.72. The molecule has 0 saturated carbocycles. The lowest BCUT2D eigenvalue weighted by molar-refractivity contribution is 1.09. The van der Waals surface area contributed by atoms with E-state index >= 15 is 0 Å². The quantitative estimate of drug-likeness (QED) is 0.295. The van der Waals surface area contributed by atoms with Crippen LogP contribution in [0.15, 0.2) is 33.9 Å². The third-order valence-corrected chi connectivity index (χ3v) is 4.36. The lowest BCUT2D eigenvalue weighted by Crippen LogP contribution is -2.15. The largest absolute Gasteiger partial charge is 0.316 e. The Morgan fingerprint density at radius 3 is 1.76 bits per heavy atom. The molecule has 0 fully saturated rings. The Balaban J connectivity index is 2.36. The molecule has 25 heavy (non-hydrogen) atoms. The summed E-state index contributed by atoms with van der Waals surface area (Å²) >= 11 is 16.0. The molecule has 0 bridgehead atoms. The van der Waals surface area contributed by atoms with E-state index in [1.807, 2.05) is 0 Å². The van der Waals surface area contributed by atoms with E-state index in [1.165, 1.54) is 0 Å². The minimum absolute atomic E-state index is 0.134. The zero-order valence-electron chi connectivity index (χ0n) is 12.3. The minimum Gasteiger partial charge on any atom is -0.316 e. The molecule has 4 aromatic rings. The van der Waals surface area contributed by atoms with E-state index < -0.39 is 11.1 Å². The Morgan fingerprint density at radius 2 is 1.28 bits per heavy atom. The molecule has 0 saturated heterocycles. The molecule has 0 spiro atoms. The van der Waals surface area contributed by atoms with Crippen molar-refractivity contribution in [2.75, 3.05) is 0 Å². The molecule has 10 heteroatoms. The highest BCUT2D eigenvalue weighted by Crippen LogP contribution is 2.30. The van der Waals surface area contributed by atoms with Crippen LogP contribution in [0.2, 0.25) is 5.02 Å². The molecular formula is C15H8ClN5O2S2. The van der Waals surface area contributed by atoms with Crippen molar-refractivity contribution in [1.82, 2.24) is 24.9 Å². The van der Waals surface area contributed by atoms with Crippen LogP contribution in [0.25, 0.3) is 33.2 Å².